The Balaban J connectivity index is 2.52. The van der Waals surface area contributed by atoms with Crippen LogP contribution in [0.2, 0.25) is 0 Å². The summed E-state index contributed by atoms with van der Waals surface area (Å²) in [6.07, 6.45) is -1.72. The van der Waals surface area contributed by atoms with Gasteiger partial charge < -0.3 is 0 Å². The third-order valence-electron chi connectivity index (χ3n) is 2.04. The van der Waals surface area contributed by atoms with Crippen molar-refractivity contribution >= 4 is 0 Å². The standard InChI is InChI=1S/C7H11F3/c1-5-2-3-7(9,10)6(8)4-5/h5-6H,2-4H2,1H3. The second kappa shape index (κ2) is 2.44. The molecule has 0 aromatic heterocycles. The second-order valence-electron chi connectivity index (χ2n) is 3.11. The van der Waals surface area contributed by atoms with Crippen molar-refractivity contribution in [1.82, 2.24) is 0 Å². The molecule has 10 heavy (non-hydrogen) atoms. The van der Waals surface area contributed by atoms with Gasteiger partial charge in [0.1, 0.15) is 0 Å². The number of alkyl halides is 3. The summed E-state index contributed by atoms with van der Waals surface area (Å²) in [4.78, 5) is 0. The van der Waals surface area contributed by atoms with Gasteiger partial charge >= 0.3 is 0 Å². The Labute approximate surface area is 58.4 Å². The number of hydrogen-bond acceptors (Lipinski definition) is 0. The fourth-order valence-corrected chi connectivity index (χ4v) is 1.24. The molecule has 0 saturated heterocycles. The molecule has 0 nitrogen and oxygen atoms in total. The Morgan fingerprint density at radius 1 is 1.40 bits per heavy atom. The van der Waals surface area contributed by atoms with Gasteiger partial charge in [-0.05, 0) is 18.8 Å². The largest absolute Gasteiger partial charge is 0.278 e. The zero-order chi connectivity index (χ0) is 7.78. The van der Waals surface area contributed by atoms with Crippen molar-refractivity contribution in [2.45, 2.75) is 38.3 Å². The molecule has 0 N–H and O–H groups in total. The molecular weight excluding hydrogens is 141 g/mol. The molecule has 1 aliphatic rings. The Morgan fingerprint density at radius 3 is 2.40 bits per heavy atom. The fraction of sp³-hybridized carbons (Fsp3) is 1.00. The second-order valence-corrected chi connectivity index (χ2v) is 3.11. The van der Waals surface area contributed by atoms with Crippen molar-refractivity contribution in [3.63, 3.8) is 0 Å². The number of hydrogen-bond donors (Lipinski definition) is 0. The highest BCUT2D eigenvalue weighted by atomic mass is 19.3. The van der Waals surface area contributed by atoms with Crippen LogP contribution >= 0.6 is 0 Å². The molecule has 1 rings (SSSR count). The molecule has 60 valence electrons. The monoisotopic (exact) mass is 152 g/mol. The maximum absolute atomic E-state index is 12.5. The SMILES string of the molecule is CC1CCC(F)(F)C(F)C1. The molecule has 0 amide bonds. The normalized spacial score (nSPS) is 39.6. The van der Waals surface area contributed by atoms with Gasteiger partial charge in [-0.1, -0.05) is 6.92 Å². The Morgan fingerprint density at radius 2 is 2.00 bits per heavy atom. The lowest BCUT2D eigenvalue weighted by Crippen LogP contribution is -2.36. The van der Waals surface area contributed by atoms with Gasteiger partial charge in [-0.2, -0.15) is 0 Å². The first-order chi connectivity index (χ1) is 4.52. The molecule has 0 aromatic carbocycles. The van der Waals surface area contributed by atoms with E-state index >= 15 is 0 Å². The minimum Gasteiger partial charge on any atom is -0.241 e. The van der Waals surface area contributed by atoms with Crippen molar-refractivity contribution in [2.24, 2.45) is 5.92 Å². The first-order valence-corrected chi connectivity index (χ1v) is 3.54. The highest BCUT2D eigenvalue weighted by Crippen LogP contribution is 2.37. The van der Waals surface area contributed by atoms with Gasteiger partial charge in [0.15, 0.2) is 6.17 Å². The van der Waals surface area contributed by atoms with Crippen LogP contribution in [0.25, 0.3) is 0 Å². The van der Waals surface area contributed by atoms with Crippen molar-refractivity contribution in [2.75, 3.05) is 0 Å². The fourth-order valence-electron chi connectivity index (χ4n) is 1.24. The lowest BCUT2D eigenvalue weighted by molar-refractivity contribution is -0.107. The van der Waals surface area contributed by atoms with Crippen LogP contribution < -0.4 is 0 Å². The molecule has 2 atom stereocenters. The lowest BCUT2D eigenvalue weighted by Gasteiger charge is -2.29. The summed E-state index contributed by atoms with van der Waals surface area (Å²) in [7, 11) is 0. The van der Waals surface area contributed by atoms with Crippen LogP contribution in [-0.2, 0) is 0 Å². The molecule has 1 aliphatic carbocycles. The van der Waals surface area contributed by atoms with Gasteiger partial charge in [-0.25, -0.2) is 13.2 Å². The predicted octanol–water partition coefficient (Wildman–Crippen LogP) is 2.78. The molecule has 0 heterocycles. The highest BCUT2D eigenvalue weighted by Gasteiger charge is 2.43. The van der Waals surface area contributed by atoms with Crippen LogP contribution in [0.4, 0.5) is 13.2 Å². The smallest absolute Gasteiger partial charge is 0.241 e. The molecule has 0 bridgehead atoms. The maximum atomic E-state index is 12.5. The maximum Gasteiger partial charge on any atom is 0.278 e. The first kappa shape index (κ1) is 7.89. The third-order valence-corrected chi connectivity index (χ3v) is 2.04. The molecule has 1 saturated carbocycles. The van der Waals surface area contributed by atoms with Crippen LogP contribution in [0.1, 0.15) is 26.2 Å². The molecule has 0 spiro atoms. The first-order valence-electron chi connectivity index (χ1n) is 3.54. The molecule has 2 unspecified atom stereocenters. The van der Waals surface area contributed by atoms with Gasteiger partial charge in [0.25, 0.3) is 5.92 Å². The average molecular weight is 152 g/mol. The summed E-state index contributed by atoms with van der Waals surface area (Å²) in [5.41, 5.74) is 0. The Bertz CT molecular complexity index is 122. The summed E-state index contributed by atoms with van der Waals surface area (Å²) >= 11 is 0. The summed E-state index contributed by atoms with van der Waals surface area (Å²) < 4.78 is 37.3. The van der Waals surface area contributed by atoms with Crippen molar-refractivity contribution in [3.05, 3.63) is 0 Å². The van der Waals surface area contributed by atoms with E-state index in [1.807, 2.05) is 6.92 Å². The van der Waals surface area contributed by atoms with E-state index in [9.17, 15) is 13.2 Å². The van der Waals surface area contributed by atoms with E-state index in [2.05, 4.69) is 0 Å². The quantitative estimate of drug-likeness (QED) is 0.500. The minimum atomic E-state index is -3.05. The predicted molar refractivity (Wildman–Crippen MR) is 32.9 cm³/mol. The van der Waals surface area contributed by atoms with Crippen LogP contribution in [0.5, 0.6) is 0 Å². The third kappa shape index (κ3) is 1.44. The van der Waals surface area contributed by atoms with Gasteiger partial charge in [-0.3, -0.25) is 0 Å². The number of rotatable bonds is 0. The van der Waals surface area contributed by atoms with Gasteiger partial charge in [0.05, 0.1) is 0 Å². The zero-order valence-corrected chi connectivity index (χ0v) is 5.91. The van der Waals surface area contributed by atoms with Crippen molar-refractivity contribution in [3.8, 4) is 0 Å². The summed E-state index contributed by atoms with van der Waals surface area (Å²) in [5, 5.41) is 0. The summed E-state index contributed by atoms with van der Waals surface area (Å²) in [5.74, 6) is -2.93. The van der Waals surface area contributed by atoms with Crippen LogP contribution in [0.15, 0.2) is 0 Å². The van der Waals surface area contributed by atoms with E-state index < -0.39 is 12.1 Å². The average Bonchev–Trinajstić information content (AvgIpc) is 1.81. The molecule has 0 aromatic rings. The lowest BCUT2D eigenvalue weighted by atomic mass is 9.87. The van der Waals surface area contributed by atoms with E-state index in [0.717, 1.165) is 0 Å². The molecule has 0 aliphatic heterocycles. The Kier molecular flexibility index (Phi) is 1.92. The molecule has 0 radical (unpaired) electrons. The van der Waals surface area contributed by atoms with Crippen LogP contribution in [-0.4, -0.2) is 12.1 Å². The topological polar surface area (TPSA) is 0 Å². The van der Waals surface area contributed by atoms with E-state index in [4.69, 9.17) is 0 Å². The van der Waals surface area contributed by atoms with Gasteiger partial charge in [-0.15, -0.1) is 0 Å². The van der Waals surface area contributed by atoms with Crippen molar-refractivity contribution in [1.29, 1.82) is 0 Å². The van der Waals surface area contributed by atoms with Gasteiger partial charge in [0.2, 0.25) is 0 Å². The molecule has 3 heteroatoms. The number of halogens is 3. The van der Waals surface area contributed by atoms with E-state index in [-0.39, 0.29) is 18.8 Å². The van der Waals surface area contributed by atoms with E-state index in [1.54, 1.807) is 0 Å². The van der Waals surface area contributed by atoms with E-state index in [1.165, 1.54) is 0 Å². The molecule has 1 fully saturated rings. The summed E-state index contributed by atoms with van der Waals surface area (Å²) in [6.45, 7) is 1.81. The minimum absolute atomic E-state index is 0.0208. The van der Waals surface area contributed by atoms with Crippen LogP contribution in [0.3, 0.4) is 0 Å². The zero-order valence-electron chi connectivity index (χ0n) is 5.91. The van der Waals surface area contributed by atoms with Crippen LogP contribution in [0, 0.1) is 5.92 Å². The highest BCUT2D eigenvalue weighted by molar-refractivity contribution is 4.84. The molecular formula is C7H11F3. The van der Waals surface area contributed by atoms with Gasteiger partial charge in [0, 0.05) is 6.42 Å². The Hall–Kier alpha value is -0.210. The summed E-state index contributed by atoms with van der Waals surface area (Å²) in [6, 6.07) is 0. The van der Waals surface area contributed by atoms with Crippen molar-refractivity contribution < 1.29 is 13.2 Å². The van der Waals surface area contributed by atoms with E-state index in [0.29, 0.717) is 6.42 Å².